The lowest BCUT2D eigenvalue weighted by atomic mass is 9.97. The molecular formula is C10H17N3O. The predicted molar refractivity (Wildman–Crippen MR) is 56.3 cm³/mol. The zero-order valence-corrected chi connectivity index (χ0v) is 9.00. The molecule has 0 aliphatic rings. The first-order chi connectivity index (χ1) is 6.54. The van der Waals surface area contributed by atoms with Gasteiger partial charge >= 0.3 is 6.01 Å². The molecular weight excluding hydrogens is 178 g/mol. The fraction of sp³-hybridized carbons (Fsp3) is 0.600. The first-order valence-electron chi connectivity index (χ1n) is 4.73. The van der Waals surface area contributed by atoms with Crippen LogP contribution in [0.25, 0.3) is 0 Å². The number of rotatable bonds is 4. The second kappa shape index (κ2) is 4.26. The lowest BCUT2D eigenvalue weighted by Crippen LogP contribution is -2.11. The topological polar surface area (TPSA) is 51.0 Å². The third-order valence-corrected chi connectivity index (χ3v) is 1.69. The summed E-state index contributed by atoms with van der Waals surface area (Å²) in [4.78, 5) is 0. The Kier molecular flexibility index (Phi) is 3.28. The summed E-state index contributed by atoms with van der Waals surface area (Å²) >= 11 is 0. The Hall–Kier alpha value is -1.32. The van der Waals surface area contributed by atoms with E-state index in [1.807, 2.05) is 26.8 Å². The molecule has 1 rings (SSSR count). The molecule has 0 unspecified atom stereocenters. The second-order valence-electron chi connectivity index (χ2n) is 4.17. The lowest BCUT2D eigenvalue weighted by molar-refractivity contribution is 0.399. The number of nitrogens with one attached hydrogen (secondary N) is 1. The van der Waals surface area contributed by atoms with Crippen LogP contribution in [0.2, 0.25) is 0 Å². The van der Waals surface area contributed by atoms with Gasteiger partial charge in [-0.05, 0) is 6.42 Å². The summed E-state index contributed by atoms with van der Waals surface area (Å²) in [7, 11) is 0. The maximum Gasteiger partial charge on any atom is 0.315 e. The molecule has 0 aliphatic heterocycles. The molecule has 4 heteroatoms. The van der Waals surface area contributed by atoms with Gasteiger partial charge in [-0.2, -0.15) is 0 Å². The van der Waals surface area contributed by atoms with Crippen LogP contribution in [0.5, 0.6) is 0 Å². The van der Waals surface area contributed by atoms with Crippen LogP contribution in [0.3, 0.4) is 0 Å². The summed E-state index contributed by atoms with van der Waals surface area (Å²) in [6, 6.07) is 0.483. The number of nitrogens with zero attached hydrogens (tertiary/aromatic N) is 2. The minimum absolute atomic E-state index is 0.0919. The minimum Gasteiger partial charge on any atom is -0.408 e. The van der Waals surface area contributed by atoms with Gasteiger partial charge in [-0.25, -0.2) is 0 Å². The van der Waals surface area contributed by atoms with Crippen molar-refractivity contribution < 1.29 is 4.42 Å². The van der Waals surface area contributed by atoms with Crippen molar-refractivity contribution in [3.63, 3.8) is 0 Å². The van der Waals surface area contributed by atoms with E-state index in [-0.39, 0.29) is 5.41 Å². The van der Waals surface area contributed by atoms with Gasteiger partial charge in [0.15, 0.2) is 0 Å². The van der Waals surface area contributed by atoms with E-state index in [9.17, 15) is 0 Å². The van der Waals surface area contributed by atoms with Crippen LogP contribution >= 0.6 is 0 Å². The summed E-state index contributed by atoms with van der Waals surface area (Å²) in [5.41, 5.74) is -0.0919. The van der Waals surface area contributed by atoms with Gasteiger partial charge in [-0.3, -0.25) is 0 Å². The maximum absolute atomic E-state index is 5.43. The quantitative estimate of drug-likeness (QED) is 0.592. The highest BCUT2D eigenvalue weighted by Gasteiger charge is 2.21. The molecule has 0 amide bonds. The van der Waals surface area contributed by atoms with E-state index >= 15 is 0 Å². The minimum atomic E-state index is -0.0919. The van der Waals surface area contributed by atoms with Gasteiger partial charge in [0, 0.05) is 12.0 Å². The van der Waals surface area contributed by atoms with E-state index in [4.69, 9.17) is 4.42 Å². The highest BCUT2D eigenvalue weighted by molar-refractivity contribution is 5.18. The van der Waals surface area contributed by atoms with Crippen LogP contribution < -0.4 is 5.32 Å². The van der Waals surface area contributed by atoms with Crippen LogP contribution in [0.1, 0.15) is 33.1 Å². The molecule has 0 radical (unpaired) electrons. The molecule has 14 heavy (non-hydrogen) atoms. The van der Waals surface area contributed by atoms with Gasteiger partial charge in [0.1, 0.15) is 0 Å². The van der Waals surface area contributed by atoms with Crippen LogP contribution in [0, 0.1) is 0 Å². The average Bonchev–Trinajstić information content (AvgIpc) is 2.52. The SMILES string of the molecule is C=CCCNc1nnc(C(C)(C)C)o1. The Morgan fingerprint density at radius 1 is 1.43 bits per heavy atom. The van der Waals surface area contributed by atoms with Crippen molar-refractivity contribution >= 4 is 6.01 Å². The standard InChI is InChI=1S/C10H17N3O/c1-5-6-7-11-9-13-12-8(14-9)10(2,3)4/h5H,1,6-7H2,2-4H3,(H,11,13). The smallest absolute Gasteiger partial charge is 0.315 e. The van der Waals surface area contributed by atoms with Crippen molar-refractivity contribution in [3.8, 4) is 0 Å². The molecule has 78 valence electrons. The monoisotopic (exact) mass is 195 g/mol. The summed E-state index contributed by atoms with van der Waals surface area (Å²) in [5.74, 6) is 0.651. The van der Waals surface area contributed by atoms with Gasteiger partial charge in [0.05, 0.1) is 0 Å². The van der Waals surface area contributed by atoms with E-state index in [2.05, 4.69) is 22.1 Å². The van der Waals surface area contributed by atoms with Crippen molar-refractivity contribution in [2.75, 3.05) is 11.9 Å². The van der Waals surface area contributed by atoms with E-state index in [0.29, 0.717) is 11.9 Å². The number of hydrogen-bond donors (Lipinski definition) is 1. The molecule has 0 fully saturated rings. The van der Waals surface area contributed by atoms with E-state index in [1.165, 1.54) is 0 Å². The molecule has 1 aromatic heterocycles. The Labute approximate surface area is 84.4 Å². The zero-order valence-electron chi connectivity index (χ0n) is 9.00. The lowest BCUT2D eigenvalue weighted by Gasteiger charge is -2.10. The molecule has 1 aromatic rings. The van der Waals surface area contributed by atoms with Crippen LogP contribution in [0.15, 0.2) is 17.1 Å². The normalized spacial score (nSPS) is 11.4. The second-order valence-corrected chi connectivity index (χ2v) is 4.17. The third kappa shape index (κ3) is 2.87. The summed E-state index contributed by atoms with van der Waals surface area (Å²) in [6.45, 7) is 10.5. The van der Waals surface area contributed by atoms with Crippen LogP contribution in [-0.2, 0) is 5.41 Å². The van der Waals surface area contributed by atoms with E-state index in [0.717, 1.165) is 13.0 Å². The summed E-state index contributed by atoms with van der Waals surface area (Å²) in [6.07, 6.45) is 2.72. The van der Waals surface area contributed by atoms with Crippen molar-refractivity contribution in [2.45, 2.75) is 32.6 Å². The maximum atomic E-state index is 5.43. The van der Waals surface area contributed by atoms with Gasteiger partial charge in [-0.15, -0.1) is 11.7 Å². The van der Waals surface area contributed by atoms with E-state index in [1.54, 1.807) is 0 Å². The molecule has 1 N–H and O–H groups in total. The molecule has 0 saturated heterocycles. The van der Waals surface area contributed by atoms with Gasteiger partial charge in [0.2, 0.25) is 5.89 Å². The highest BCUT2D eigenvalue weighted by Crippen LogP contribution is 2.21. The largest absolute Gasteiger partial charge is 0.408 e. The molecule has 0 saturated carbocycles. The molecule has 4 nitrogen and oxygen atoms in total. The number of hydrogen-bond acceptors (Lipinski definition) is 4. The number of aromatic nitrogens is 2. The van der Waals surface area contributed by atoms with Crippen LogP contribution in [0.4, 0.5) is 6.01 Å². The first-order valence-corrected chi connectivity index (χ1v) is 4.73. The van der Waals surface area contributed by atoms with Crippen molar-refractivity contribution in [1.29, 1.82) is 0 Å². The van der Waals surface area contributed by atoms with Gasteiger partial charge in [-0.1, -0.05) is 31.9 Å². The fourth-order valence-corrected chi connectivity index (χ4v) is 0.879. The molecule has 0 spiro atoms. The molecule has 0 aliphatic carbocycles. The Morgan fingerprint density at radius 3 is 2.64 bits per heavy atom. The van der Waals surface area contributed by atoms with Crippen LogP contribution in [-0.4, -0.2) is 16.7 Å². The first kappa shape index (κ1) is 10.8. The van der Waals surface area contributed by atoms with Gasteiger partial charge in [0.25, 0.3) is 0 Å². The molecule has 0 bridgehead atoms. The predicted octanol–water partition coefficient (Wildman–Crippen LogP) is 2.36. The van der Waals surface area contributed by atoms with E-state index < -0.39 is 0 Å². The van der Waals surface area contributed by atoms with Gasteiger partial charge < -0.3 is 9.73 Å². The Bertz CT molecular complexity index is 299. The molecule has 0 aromatic carbocycles. The van der Waals surface area contributed by atoms with Crippen molar-refractivity contribution in [3.05, 3.63) is 18.5 Å². The fourth-order valence-electron chi connectivity index (χ4n) is 0.879. The average molecular weight is 195 g/mol. The Morgan fingerprint density at radius 2 is 2.14 bits per heavy atom. The van der Waals surface area contributed by atoms with Crippen molar-refractivity contribution in [1.82, 2.24) is 10.2 Å². The summed E-state index contributed by atoms with van der Waals surface area (Å²) in [5, 5.41) is 10.9. The zero-order chi connectivity index (χ0) is 10.6. The van der Waals surface area contributed by atoms with Crippen molar-refractivity contribution in [2.24, 2.45) is 0 Å². The number of anilines is 1. The molecule has 1 heterocycles. The third-order valence-electron chi connectivity index (χ3n) is 1.69. The highest BCUT2D eigenvalue weighted by atomic mass is 16.4. The summed E-state index contributed by atoms with van der Waals surface area (Å²) < 4.78 is 5.43. The Balaban J connectivity index is 2.55. The molecule has 0 atom stereocenters.